The molecule has 1 aliphatic heterocycles. The summed E-state index contributed by atoms with van der Waals surface area (Å²) in [5.74, 6) is -5.98. The summed E-state index contributed by atoms with van der Waals surface area (Å²) < 4.78 is 50.8. The van der Waals surface area contributed by atoms with Crippen molar-refractivity contribution < 1.29 is 38.0 Å². The summed E-state index contributed by atoms with van der Waals surface area (Å²) in [7, 11) is 1.81. The van der Waals surface area contributed by atoms with Gasteiger partial charge in [-0.25, -0.2) is 4.98 Å². The number of phenols is 1. The van der Waals surface area contributed by atoms with Gasteiger partial charge in [-0.2, -0.15) is 13.8 Å². The van der Waals surface area contributed by atoms with Crippen LogP contribution in [0.3, 0.4) is 0 Å². The maximum absolute atomic E-state index is 15.9. The third-order valence-electron chi connectivity index (χ3n) is 7.62. The van der Waals surface area contributed by atoms with Crippen molar-refractivity contribution in [3.05, 3.63) is 72.1 Å². The van der Waals surface area contributed by atoms with Crippen LogP contribution in [0, 0.1) is 17.0 Å². The van der Waals surface area contributed by atoms with Crippen LogP contribution in [0.4, 0.5) is 8.78 Å². The zero-order valence-corrected chi connectivity index (χ0v) is 24.8. The van der Waals surface area contributed by atoms with Gasteiger partial charge in [-0.1, -0.05) is 12.1 Å². The molecule has 5 rings (SSSR count). The number of amidine groups is 1. The number of halogens is 2. The van der Waals surface area contributed by atoms with Gasteiger partial charge in [-0.05, 0) is 57.0 Å². The Morgan fingerprint density at radius 2 is 1.78 bits per heavy atom. The largest absolute Gasteiger partial charge is 0.504 e. The van der Waals surface area contributed by atoms with Crippen molar-refractivity contribution in [2.45, 2.75) is 38.3 Å². The van der Waals surface area contributed by atoms with Gasteiger partial charge in [0.15, 0.2) is 11.5 Å². The van der Waals surface area contributed by atoms with E-state index in [1.807, 2.05) is 7.05 Å². The Hall–Kier alpha value is -5.24. The molecule has 0 bridgehead atoms. The number of imidazole rings is 1. The predicted molar refractivity (Wildman–Crippen MR) is 159 cm³/mol. The fourth-order valence-electron chi connectivity index (χ4n) is 4.88. The summed E-state index contributed by atoms with van der Waals surface area (Å²) in [6.07, 6.45) is 3.30. The van der Waals surface area contributed by atoms with Gasteiger partial charge in [-0.3, -0.25) is 15.1 Å². The molecular formula is C31H32F2N6O6. The molecule has 0 amide bonds. The minimum Gasteiger partial charge on any atom is -0.504 e. The van der Waals surface area contributed by atoms with E-state index in [-0.39, 0.29) is 35.7 Å². The SMILES string of the molecule is Cn1ccnc1-c1cccc(Oc2nc(Oc3cc(C(=N)N)ccc3O)c(F)c(OC3CCN(C(C)(C)C(=O)O)CC3)c2F)c1. The number of pyridine rings is 1. The van der Waals surface area contributed by atoms with E-state index >= 15 is 8.78 Å². The molecule has 12 nitrogen and oxygen atoms in total. The number of nitrogens with one attached hydrogen (secondary N) is 1. The molecule has 236 valence electrons. The van der Waals surface area contributed by atoms with Crippen LogP contribution in [0.5, 0.6) is 34.8 Å². The maximum atomic E-state index is 15.9. The molecule has 0 unspecified atom stereocenters. The molecule has 1 aliphatic rings. The van der Waals surface area contributed by atoms with Crippen molar-refractivity contribution in [1.29, 1.82) is 5.41 Å². The second kappa shape index (κ2) is 12.4. The summed E-state index contributed by atoms with van der Waals surface area (Å²) in [6, 6.07) is 10.4. The highest BCUT2D eigenvalue weighted by Gasteiger charge is 2.38. The number of aliphatic carboxylic acids is 1. The average Bonchev–Trinajstić information content (AvgIpc) is 3.44. The van der Waals surface area contributed by atoms with Crippen LogP contribution in [-0.2, 0) is 11.8 Å². The quantitative estimate of drug-likeness (QED) is 0.139. The molecule has 2 aromatic heterocycles. The smallest absolute Gasteiger partial charge is 0.323 e. The van der Waals surface area contributed by atoms with Crippen LogP contribution in [0.2, 0.25) is 0 Å². The third-order valence-corrected chi connectivity index (χ3v) is 7.62. The van der Waals surface area contributed by atoms with E-state index in [9.17, 15) is 15.0 Å². The molecule has 1 fully saturated rings. The lowest BCUT2D eigenvalue weighted by atomic mass is 9.97. The third kappa shape index (κ3) is 6.50. The molecule has 0 saturated carbocycles. The van der Waals surface area contributed by atoms with Crippen molar-refractivity contribution in [2.24, 2.45) is 12.8 Å². The Kier molecular flexibility index (Phi) is 8.60. The predicted octanol–water partition coefficient (Wildman–Crippen LogP) is 5.04. The van der Waals surface area contributed by atoms with Crippen LogP contribution in [0.1, 0.15) is 32.3 Å². The van der Waals surface area contributed by atoms with Crippen molar-refractivity contribution in [3.63, 3.8) is 0 Å². The van der Waals surface area contributed by atoms with E-state index in [4.69, 9.17) is 25.4 Å². The van der Waals surface area contributed by atoms with Crippen molar-refractivity contribution in [3.8, 4) is 46.1 Å². The van der Waals surface area contributed by atoms with Gasteiger partial charge in [0.05, 0.1) is 0 Å². The van der Waals surface area contributed by atoms with E-state index in [2.05, 4.69) is 9.97 Å². The number of nitrogens with two attached hydrogens (primary N) is 1. The molecule has 0 aliphatic carbocycles. The number of aryl methyl sites for hydroxylation is 1. The number of hydrogen-bond acceptors (Lipinski definition) is 9. The zero-order valence-electron chi connectivity index (χ0n) is 24.8. The number of hydrogen-bond donors (Lipinski definition) is 4. The van der Waals surface area contributed by atoms with Crippen molar-refractivity contribution in [1.82, 2.24) is 19.4 Å². The number of rotatable bonds is 10. The minimum absolute atomic E-state index is 0.163. The number of carbonyl (C=O) groups is 1. The first-order chi connectivity index (χ1) is 21.3. The molecule has 14 heteroatoms. The molecule has 0 atom stereocenters. The second-order valence-electron chi connectivity index (χ2n) is 11.0. The number of ether oxygens (including phenoxy) is 3. The molecule has 3 heterocycles. The molecule has 45 heavy (non-hydrogen) atoms. The number of aromatic nitrogens is 3. The van der Waals surface area contributed by atoms with Crippen LogP contribution in [0.15, 0.2) is 54.9 Å². The first-order valence-electron chi connectivity index (χ1n) is 14.0. The topological polar surface area (TPSA) is 169 Å². The Morgan fingerprint density at radius 1 is 1.09 bits per heavy atom. The van der Waals surface area contributed by atoms with E-state index < -0.39 is 52.5 Å². The van der Waals surface area contributed by atoms with Gasteiger partial charge >= 0.3 is 5.97 Å². The minimum atomic E-state index is -1.29. The monoisotopic (exact) mass is 622 g/mol. The maximum Gasteiger partial charge on any atom is 0.323 e. The lowest BCUT2D eigenvalue weighted by Crippen LogP contribution is -2.54. The normalized spacial score (nSPS) is 14.2. The van der Waals surface area contributed by atoms with Gasteiger partial charge in [-0.15, -0.1) is 0 Å². The van der Waals surface area contributed by atoms with E-state index in [1.54, 1.807) is 60.0 Å². The van der Waals surface area contributed by atoms with Crippen LogP contribution >= 0.6 is 0 Å². The lowest BCUT2D eigenvalue weighted by Gasteiger charge is -2.40. The summed E-state index contributed by atoms with van der Waals surface area (Å²) in [5.41, 5.74) is 5.27. The number of aromatic hydroxyl groups is 1. The standard InChI is InChI=1S/C31H32F2N6O6/c1-31(2,30(41)42)39-12-9-19(10-13-39)43-25-23(32)28(44-20-6-4-5-18(15-20)27-36-11-14-38(27)3)37-29(24(25)33)45-22-16-17(26(34)35)7-8-21(22)40/h4-8,11,14-16,19,40H,9-10,12-13H2,1-3H3,(H3,34,35)(H,41,42). The molecule has 1 saturated heterocycles. The number of nitrogen functional groups attached to an aromatic ring is 1. The fourth-order valence-corrected chi connectivity index (χ4v) is 4.88. The van der Waals surface area contributed by atoms with Crippen LogP contribution in [0.25, 0.3) is 11.4 Å². The molecule has 0 spiro atoms. The van der Waals surface area contributed by atoms with Gasteiger partial charge in [0.1, 0.15) is 29.1 Å². The highest BCUT2D eigenvalue weighted by Crippen LogP contribution is 2.41. The molecule has 0 radical (unpaired) electrons. The summed E-state index contributed by atoms with van der Waals surface area (Å²) in [6.45, 7) is 3.81. The Morgan fingerprint density at radius 3 is 2.40 bits per heavy atom. The van der Waals surface area contributed by atoms with E-state index in [0.717, 1.165) is 0 Å². The zero-order chi connectivity index (χ0) is 32.5. The first-order valence-corrected chi connectivity index (χ1v) is 14.0. The Labute approximate surface area is 257 Å². The number of carboxylic acid groups (broad SMARTS) is 1. The van der Waals surface area contributed by atoms with Gasteiger partial charge < -0.3 is 34.7 Å². The summed E-state index contributed by atoms with van der Waals surface area (Å²) in [4.78, 5) is 21.7. The fraction of sp³-hybridized carbons (Fsp3) is 0.290. The van der Waals surface area contributed by atoms with E-state index in [0.29, 0.717) is 24.5 Å². The molecular weight excluding hydrogens is 590 g/mol. The number of phenolic OH excluding ortho intramolecular Hbond substituents is 1. The van der Waals surface area contributed by atoms with Crippen molar-refractivity contribution >= 4 is 11.8 Å². The number of carboxylic acids is 1. The van der Waals surface area contributed by atoms with Gasteiger partial charge in [0.2, 0.25) is 17.4 Å². The number of nitrogens with zero attached hydrogens (tertiary/aromatic N) is 4. The lowest BCUT2D eigenvalue weighted by molar-refractivity contribution is -0.150. The van der Waals surface area contributed by atoms with Crippen LogP contribution < -0.4 is 19.9 Å². The highest BCUT2D eigenvalue weighted by molar-refractivity contribution is 5.95. The Balaban J connectivity index is 1.50. The van der Waals surface area contributed by atoms with Crippen molar-refractivity contribution in [2.75, 3.05) is 13.1 Å². The molecule has 5 N–H and O–H groups in total. The molecule has 2 aromatic carbocycles. The number of benzene rings is 2. The number of likely N-dealkylation sites (tertiary alicyclic amines) is 1. The average molecular weight is 623 g/mol. The van der Waals surface area contributed by atoms with Crippen LogP contribution in [-0.4, -0.2) is 66.2 Å². The first kappa shape index (κ1) is 31.2. The van der Waals surface area contributed by atoms with E-state index in [1.165, 1.54) is 18.2 Å². The molecule has 4 aromatic rings. The second-order valence-corrected chi connectivity index (χ2v) is 11.0. The summed E-state index contributed by atoms with van der Waals surface area (Å²) >= 11 is 0. The number of piperidine rings is 1. The summed E-state index contributed by atoms with van der Waals surface area (Å²) in [5, 5.41) is 27.6. The van der Waals surface area contributed by atoms with Gasteiger partial charge in [0.25, 0.3) is 11.8 Å². The highest BCUT2D eigenvalue weighted by atomic mass is 19.1. The van der Waals surface area contributed by atoms with Gasteiger partial charge in [0, 0.05) is 43.7 Å². The Bertz CT molecular complexity index is 1750.